The summed E-state index contributed by atoms with van der Waals surface area (Å²) in [6, 6.07) is 2.27. The lowest BCUT2D eigenvalue weighted by Crippen LogP contribution is -1.66. The van der Waals surface area contributed by atoms with Crippen LogP contribution in [0.4, 0.5) is 0 Å². The van der Waals surface area contributed by atoms with E-state index in [4.69, 9.17) is 0 Å². The SMILES string of the molecule is CCc1ccp(CC)c1. The van der Waals surface area contributed by atoms with Crippen LogP contribution in [0.2, 0.25) is 0 Å². The van der Waals surface area contributed by atoms with E-state index in [-0.39, 0.29) is 7.53 Å². The Morgan fingerprint density at radius 3 is 2.56 bits per heavy atom. The Kier molecular flexibility index (Phi) is 2.36. The molecule has 1 heterocycles. The molecular formula is C8H13P. The molecule has 0 saturated heterocycles. The minimum atomic E-state index is 0.169. The quantitative estimate of drug-likeness (QED) is 0.591. The highest BCUT2D eigenvalue weighted by molar-refractivity contribution is 7.47. The van der Waals surface area contributed by atoms with Gasteiger partial charge < -0.3 is 0 Å². The molecule has 1 unspecified atom stereocenters. The molecule has 0 aromatic carbocycles. The lowest BCUT2D eigenvalue weighted by molar-refractivity contribution is 1.16. The predicted octanol–water partition coefficient (Wildman–Crippen LogP) is 3.26. The Bertz CT molecular complexity index is 158. The molecule has 0 saturated carbocycles. The van der Waals surface area contributed by atoms with Gasteiger partial charge in [0.25, 0.3) is 0 Å². The summed E-state index contributed by atoms with van der Waals surface area (Å²) in [5.74, 6) is 4.78. The van der Waals surface area contributed by atoms with Gasteiger partial charge >= 0.3 is 0 Å². The van der Waals surface area contributed by atoms with Crippen molar-refractivity contribution in [3.05, 3.63) is 23.2 Å². The molecule has 1 atom stereocenters. The Hall–Kier alpha value is -0.220. The first-order valence-corrected chi connectivity index (χ1v) is 5.18. The molecule has 1 heteroatoms. The highest BCUT2D eigenvalue weighted by atomic mass is 31.1. The maximum Gasteiger partial charge on any atom is -0.0169 e. The van der Waals surface area contributed by atoms with Gasteiger partial charge in [0.1, 0.15) is 0 Å². The molecule has 0 aliphatic carbocycles. The molecule has 0 amide bonds. The highest BCUT2D eigenvalue weighted by Gasteiger charge is 1.91. The van der Waals surface area contributed by atoms with E-state index in [0.717, 1.165) is 0 Å². The molecule has 0 fully saturated rings. The fourth-order valence-electron chi connectivity index (χ4n) is 0.896. The second kappa shape index (κ2) is 3.08. The van der Waals surface area contributed by atoms with Crippen LogP contribution in [-0.2, 0) is 12.6 Å². The lowest BCUT2D eigenvalue weighted by atomic mass is 10.3. The van der Waals surface area contributed by atoms with Gasteiger partial charge in [0.15, 0.2) is 0 Å². The molecule has 50 valence electrons. The minimum Gasteiger partial charge on any atom is -0.125 e. The van der Waals surface area contributed by atoms with Crippen LogP contribution in [-0.4, -0.2) is 0 Å². The van der Waals surface area contributed by atoms with E-state index in [1.807, 2.05) is 0 Å². The minimum absolute atomic E-state index is 0.169. The number of rotatable bonds is 2. The fourth-order valence-corrected chi connectivity index (χ4v) is 2.45. The van der Waals surface area contributed by atoms with Crippen LogP contribution < -0.4 is 0 Å². The van der Waals surface area contributed by atoms with Crippen LogP contribution in [0.15, 0.2) is 17.7 Å². The summed E-state index contributed by atoms with van der Waals surface area (Å²) in [6.07, 6.45) is 2.52. The topological polar surface area (TPSA) is 0 Å². The summed E-state index contributed by atoms with van der Waals surface area (Å²) in [4.78, 5) is 0. The number of hydrogen-bond donors (Lipinski definition) is 0. The number of hydrogen-bond acceptors (Lipinski definition) is 0. The molecule has 0 bridgehead atoms. The standard InChI is InChI=1S/C8H13P/c1-3-8-5-6-9(4-2)7-8/h5-7H,3-4H2,1-2H3. The molecular weight excluding hydrogens is 127 g/mol. The molecule has 1 rings (SSSR count). The van der Waals surface area contributed by atoms with E-state index in [0.29, 0.717) is 0 Å². The smallest absolute Gasteiger partial charge is 0.0169 e. The molecule has 0 aliphatic rings. The summed E-state index contributed by atoms with van der Waals surface area (Å²) in [5.41, 5.74) is 1.53. The number of aryl methyl sites for hydroxylation is 2. The van der Waals surface area contributed by atoms with Gasteiger partial charge in [-0.3, -0.25) is 0 Å². The molecule has 1 aromatic heterocycles. The normalized spacial score (nSPS) is 12.0. The van der Waals surface area contributed by atoms with Crippen molar-refractivity contribution in [1.29, 1.82) is 0 Å². The molecule has 0 nitrogen and oxygen atoms in total. The maximum atomic E-state index is 2.43. The summed E-state index contributed by atoms with van der Waals surface area (Å²) in [5, 5.41) is 0. The third-order valence-electron chi connectivity index (χ3n) is 1.59. The van der Waals surface area contributed by atoms with Crippen molar-refractivity contribution in [2.45, 2.75) is 26.4 Å². The average Bonchev–Trinajstić information content (AvgIpc) is 2.34. The zero-order chi connectivity index (χ0) is 6.69. The van der Waals surface area contributed by atoms with E-state index >= 15 is 0 Å². The largest absolute Gasteiger partial charge is 0.125 e. The summed E-state index contributed by atoms with van der Waals surface area (Å²) in [6.45, 7) is 4.47. The first-order valence-electron chi connectivity index (χ1n) is 3.51. The van der Waals surface area contributed by atoms with Crippen LogP contribution in [0.1, 0.15) is 19.4 Å². The van der Waals surface area contributed by atoms with Gasteiger partial charge in [-0.1, -0.05) is 19.9 Å². The molecule has 0 aliphatic heterocycles. The zero-order valence-electron chi connectivity index (χ0n) is 6.09. The second-order valence-corrected chi connectivity index (χ2v) is 4.42. The van der Waals surface area contributed by atoms with Gasteiger partial charge in [-0.05, 0) is 29.7 Å². The van der Waals surface area contributed by atoms with E-state index in [1.54, 1.807) is 0 Å². The predicted molar refractivity (Wildman–Crippen MR) is 44.2 cm³/mol. The second-order valence-electron chi connectivity index (χ2n) is 2.20. The van der Waals surface area contributed by atoms with Crippen LogP contribution >= 0.6 is 7.53 Å². The van der Waals surface area contributed by atoms with E-state index in [9.17, 15) is 0 Å². The molecule has 9 heavy (non-hydrogen) atoms. The van der Waals surface area contributed by atoms with E-state index in [2.05, 4.69) is 31.5 Å². The summed E-state index contributed by atoms with van der Waals surface area (Å²) >= 11 is 0. The van der Waals surface area contributed by atoms with Crippen molar-refractivity contribution in [3.8, 4) is 0 Å². The van der Waals surface area contributed by atoms with E-state index < -0.39 is 0 Å². The Morgan fingerprint density at radius 1 is 1.44 bits per heavy atom. The van der Waals surface area contributed by atoms with E-state index in [1.165, 1.54) is 18.1 Å². The first kappa shape index (κ1) is 6.89. The average molecular weight is 140 g/mol. The van der Waals surface area contributed by atoms with Crippen molar-refractivity contribution in [2.24, 2.45) is 0 Å². The lowest BCUT2D eigenvalue weighted by Gasteiger charge is -1.86. The van der Waals surface area contributed by atoms with Crippen molar-refractivity contribution in [1.82, 2.24) is 0 Å². The summed E-state index contributed by atoms with van der Waals surface area (Å²) < 4.78 is 0. The van der Waals surface area contributed by atoms with Crippen LogP contribution in [0.5, 0.6) is 0 Å². The Morgan fingerprint density at radius 2 is 2.22 bits per heavy atom. The van der Waals surface area contributed by atoms with Gasteiger partial charge in [0.2, 0.25) is 0 Å². The van der Waals surface area contributed by atoms with Gasteiger partial charge in [0, 0.05) is 0 Å². The molecule has 0 N–H and O–H groups in total. The zero-order valence-corrected chi connectivity index (χ0v) is 6.99. The van der Waals surface area contributed by atoms with Gasteiger partial charge in [-0.25, -0.2) is 0 Å². The molecule has 1 aromatic rings. The van der Waals surface area contributed by atoms with Crippen molar-refractivity contribution >= 4 is 7.53 Å². The van der Waals surface area contributed by atoms with Crippen molar-refractivity contribution in [2.75, 3.05) is 0 Å². The molecule has 0 radical (unpaired) electrons. The van der Waals surface area contributed by atoms with Crippen molar-refractivity contribution in [3.63, 3.8) is 0 Å². The maximum absolute atomic E-state index is 2.43. The molecule has 0 spiro atoms. The fraction of sp³-hybridized carbons (Fsp3) is 0.500. The van der Waals surface area contributed by atoms with Crippen LogP contribution in [0, 0.1) is 0 Å². The van der Waals surface area contributed by atoms with Crippen LogP contribution in [0.25, 0.3) is 0 Å². The monoisotopic (exact) mass is 140 g/mol. The van der Waals surface area contributed by atoms with Gasteiger partial charge in [0.05, 0.1) is 0 Å². The third-order valence-corrected chi connectivity index (χ3v) is 3.51. The van der Waals surface area contributed by atoms with Gasteiger partial charge in [-0.2, -0.15) is 0 Å². The first-order chi connectivity index (χ1) is 4.36. The Balaban J connectivity index is 2.74. The van der Waals surface area contributed by atoms with Crippen LogP contribution in [0.3, 0.4) is 0 Å². The third kappa shape index (κ3) is 1.59. The summed E-state index contributed by atoms with van der Waals surface area (Å²) in [7, 11) is 0.169. The van der Waals surface area contributed by atoms with Gasteiger partial charge in [-0.15, -0.1) is 7.53 Å². The Labute approximate surface area is 58.0 Å². The van der Waals surface area contributed by atoms with Crippen molar-refractivity contribution < 1.29 is 0 Å². The highest BCUT2D eigenvalue weighted by Crippen LogP contribution is 2.29.